The Kier molecular flexibility index (Phi) is 4.82. The average Bonchev–Trinajstić information content (AvgIpc) is 2.82. The van der Waals surface area contributed by atoms with Crippen LogP contribution in [0.4, 0.5) is 0 Å². The molecule has 0 radical (unpaired) electrons. The summed E-state index contributed by atoms with van der Waals surface area (Å²) in [6.07, 6.45) is 0.200. The molecule has 0 saturated carbocycles. The third-order valence-corrected chi connectivity index (χ3v) is 5.98. The number of benzene rings is 5. The zero-order valence-corrected chi connectivity index (χ0v) is 17.0. The van der Waals surface area contributed by atoms with Gasteiger partial charge in [-0.3, -0.25) is 0 Å². The number of aliphatic hydroxyl groups excluding tert-OH is 1. The predicted octanol–water partition coefficient (Wildman–Crippen LogP) is 7.77. The van der Waals surface area contributed by atoms with Crippen LogP contribution in [0.2, 0.25) is 0 Å². The molecule has 0 aromatic heterocycles. The van der Waals surface area contributed by atoms with Crippen LogP contribution in [0.5, 0.6) is 0 Å². The van der Waals surface area contributed by atoms with Gasteiger partial charge in [-0.2, -0.15) is 0 Å². The van der Waals surface area contributed by atoms with Gasteiger partial charge >= 0.3 is 0 Å². The number of hydrogen-bond acceptors (Lipinski definition) is 1. The Morgan fingerprint density at radius 2 is 1.17 bits per heavy atom. The number of hydrogen-bond donors (Lipinski definition) is 1. The molecule has 1 atom stereocenters. The predicted molar refractivity (Wildman–Crippen MR) is 128 cm³/mol. The van der Waals surface area contributed by atoms with Gasteiger partial charge in [0.2, 0.25) is 0 Å². The first-order valence-corrected chi connectivity index (χ1v) is 10.5. The van der Waals surface area contributed by atoms with Crippen molar-refractivity contribution in [3.05, 3.63) is 109 Å². The summed E-state index contributed by atoms with van der Waals surface area (Å²) in [7, 11) is 0. The van der Waals surface area contributed by atoms with Crippen LogP contribution < -0.4 is 0 Å². The van der Waals surface area contributed by atoms with E-state index in [1.54, 1.807) is 0 Å². The fourth-order valence-corrected chi connectivity index (χ4v) is 4.40. The molecular weight excluding hydrogens is 364 g/mol. The van der Waals surface area contributed by atoms with E-state index in [-0.39, 0.29) is 0 Å². The van der Waals surface area contributed by atoms with Gasteiger partial charge < -0.3 is 5.11 Å². The lowest BCUT2D eigenvalue weighted by atomic mass is 9.88. The molecule has 0 aliphatic rings. The van der Waals surface area contributed by atoms with Crippen molar-refractivity contribution >= 4 is 21.5 Å². The van der Waals surface area contributed by atoms with E-state index in [2.05, 4.69) is 103 Å². The molecule has 0 unspecified atom stereocenters. The zero-order chi connectivity index (χ0) is 20.5. The molecule has 30 heavy (non-hydrogen) atoms. The monoisotopic (exact) mass is 388 g/mol. The molecule has 0 heterocycles. The molecule has 0 bridgehead atoms. The minimum atomic E-state index is -0.486. The second-order valence-corrected chi connectivity index (χ2v) is 7.78. The lowest BCUT2D eigenvalue weighted by Gasteiger charge is -2.18. The van der Waals surface area contributed by atoms with Gasteiger partial charge in [-0.15, -0.1) is 0 Å². The van der Waals surface area contributed by atoms with Gasteiger partial charge in [0.15, 0.2) is 0 Å². The molecule has 0 aliphatic carbocycles. The Hall–Kier alpha value is -3.42. The van der Waals surface area contributed by atoms with Gasteiger partial charge in [-0.05, 0) is 61.8 Å². The molecule has 0 aliphatic heterocycles. The largest absolute Gasteiger partial charge is 0.388 e. The third kappa shape index (κ3) is 3.18. The van der Waals surface area contributed by atoms with Crippen LogP contribution in [-0.2, 0) is 0 Å². The van der Waals surface area contributed by atoms with E-state index < -0.39 is 6.10 Å². The minimum absolute atomic E-state index is 0.486. The zero-order valence-electron chi connectivity index (χ0n) is 17.0. The van der Waals surface area contributed by atoms with Crippen LogP contribution in [-0.4, -0.2) is 5.11 Å². The highest BCUT2D eigenvalue weighted by molar-refractivity contribution is 6.00. The van der Waals surface area contributed by atoms with Gasteiger partial charge in [0, 0.05) is 0 Å². The first-order valence-electron chi connectivity index (χ1n) is 10.5. The van der Waals surface area contributed by atoms with Crippen molar-refractivity contribution in [2.24, 2.45) is 0 Å². The molecule has 0 fully saturated rings. The Morgan fingerprint density at radius 3 is 1.83 bits per heavy atom. The van der Waals surface area contributed by atoms with E-state index in [1.165, 1.54) is 32.7 Å². The second-order valence-electron chi connectivity index (χ2n) is 7.78. The maximum Gasteiger partial charge on any atom is 0.0793 e. The Labute approximate surface area is 177 Å². The summed E-state index contributed by atoms with van der Waals surface area (Å²) in [6, 6.07) is 36.3. The van der Waals surface area contributed by atoms with Gasteiger partial charge in [0.05, 0.1) is 6.10 Å². The lowest BCUT2D eigenvalue weighted by molar-refractivity contribution is 0.174. The van der Waals surface area contributed by atoms with Gasteiger partial charge in [0.1, 0.15) is 0 Å². The normalized spacial score (nSPS) is 12.3. The van der Waals surface area contributed by atoms with E-state index in [4.69, 9.17) is 0 Å². The molecule has 5 aromatic rings. The first-order chi connectivity index (χ1) is 14.8. The average molecular weight is 389 g/mol. The Bertz CT molecular complexity index is 1340. The lowest BCUT2D eigenvalue weighted by Crippen LogP contribution is -1.99. The van der Waals surface area contributed by atoms with Crippen molar-refractivity contribution in [3.63, 3.8) is 0 Å². The highest BCUT2D eigenvalue weighted by Crippen LogP contribution is 2.38. The maximum atomic E-state index is 10.8. The van der Waals surface area contributed by atoms with Crippen molar-refractivity contribution in [2.45, 2.75) is 19.4 Å². The Morgan fingerprint density at radius 1 is 0.600 bits per heavy atom. The van der Waals surface area contributed by atoms with Crippen LogP contribution in [0, 0.1) is 0 Å². The van der Waals surface area contributed by atoms with Crippen LogP contribution in [0.3, 0.4) is 0 Å². The summed E-state index contributed by atoms with van der Waals surface area (Å²) >= 11 is 0. The van der Waals surface area contributed by atoms with Crippen molar-refractivity contribution in [2.75, 3.05) is 0 Å². The summed E-state index contributed by atoms with van der Waals surface area (Å²) in [6.45, 7) is 2.02. The number of rotatable bonds is 4. The van der Waals surface area contributed by atoms with E-state index >= 15 is 0 Å². The smallest absolute Gasteiger partial charge is 0.0793 e. The van der Waals surface area contributed by atoms with Crippen molar-refractivity contribution in [3.8, 4) is 22.3 Å². The fourth-order valence-electron chi connectivity index (χ4n) is 4.40. The van der Waals surface area contributed by atoms with Crippen LogP contribution in [0.1, 0.15) is 25.0 Å². The Balaban J connectivity index is 1.79. The SMILES string of the molecule is CC[C@H](O)c1ccc(-c2cccc3ccccc23)cc1-c1cccc2ccccc12. The van der Waals surface area contributed by atoms with Crippen LogP contribution in [0.25, 0.3) is 43.8 Å². The molecule has 1 nitrogen and oxygen atoms in total. The molecule has 0 amide bonds. The molecule has 0 saturated heterocycles. The molecule has 0 spiro atoms. The number of fused-ring (bicyclic) bond motifs is 2. The van der Waals surface area contributed by atoms with E-state index in [0.717, 1.165) is 16.7 Å². The van der Waals surface area contributed by atoms with Gasteiger partial charge in [-0.25, -0.2) is 0 Å². The number of aliphatic hydroxyl groups is 1. The van der Waals surface area contributed by atoms with E-state index in [1.807, 2.05) is 6.92 Å². The molecule has 5 aromatic carbocycles. The summed E-state index contributed by atoms with van der Waals surface area (Å²) < 4.78 is 0. The molecule has 1 N–H and O–H groups in total. The van der Waals surface area contributed by atoms with Gasteiger partial charge in [-0.1, -0.05) is 104 Å². The molecule has 1 heteroatoms. The van der Waals surface area contributed by atoms with Crippen molar-refractivity contribution in [1.29, 1.82) is 0 Å². The second kappa shape index (κ2) is 7.78. The quantitative estimate of drug-likeness (QED) is 0.333. The highest BCUT2D eigenvalue weighted by atomic mass is 16.3. The molecular formula is C29H24O. The van der Waals surface area contributed by atoms with E-state index in [9.17, 15) is 5.11 Å². The summed E-state index contributed by atoms with van der Waals surface area (Å²) in [5, 5.41) is 15.7. The minimum Gasteiger partial charge on any atom is -0.388 e. The van der Waals surface area contributed by atoms with E-state index in [0.29, 0.717) is 6.42 Å². The first kappa shape index (κ1) is 18.6. The summed E-state index contributed by atoms with van der Waals surface area (Å²) in [4.78, 5) is 0. The third-order valence-electron chi connectivity index (χ3n) is 5.98. The van der Waals surface area contributed by atoms with Crippen LogP contribution >= 0.6 is 0 Å². The van der Waals surface area contributed by atoms with Crippen molar-refractivity contribution < 1.29 is 5.11 Å². The standard InChI is InChI=1S/C29H24O/c1-2-29(30)27-18-17-22(25-15-7-11-20-9-3-5-13-23(20)25)19-28(27)26-16-8-12-21-10-4-6-14-24(21)26/h3-19,29-30H,2H2,1H3/t29-/m0/s1. The summed E-state index contributed by atoms with van der Waals surface area (Å²) in [5.41, 5.74) is 5.64. The summed E-state index contributed by atoms with van der Waals surface area (Å²) in [5.74, 6) is 0. The van der Waals surface area contributed by atoms with Crippen LogP contribution in [0.15, 0.2) is 103 Å². The maximum absolute atomic E-state index is 10.8. The molecule has 5 rings (SSSR count). The van der Waals surface area contributed by atoms with Crippen molar-refractivity contribution in [1.82, 2.24) is 0 Å². The molecule has 146 valence electrons. The topological polar surface area (TPSA) is 20.2 Å². The fraction of sp³-hybridized carbons (Fsp3) is 0.103. The van der Waals surface area contributed by atoms with Gasteiger partial charge in [0.25, 0.3) is 0 Å². The highest BCUT2D eigenvalue weighted by Gasteiger charge is 2.16.